The molecule has 0 aliphatic carbocycles. The van der Waals surface area contributed by atoms with Crippen molar-refractivity contribution in [1.29, 1.82) is 0 Å². The molecule has 0 N–H and O–H groups in total. The van der Waals surface area contributed by atoms with Gasteiger partial charge in [-0.25, -0.2) is 8.42 Å². The monoisotopic (exact) mass is 477 g/mol. The summed E-state index contributed by atoms with van der Waals surface area (Å²) in [6.45, 7) is 10.1. The van der Waals surface area contributed by atoms with Gasteiger partial charge in [-0.3, -0.25) is 4.79 Å². The summed E-state index contributed by atoms with van der Waals surface area (Å²) in [7, 11) is -4.06. The fourth-order valence-corrected chi connectivity index (χ4v) is 7.43. The Hall–Kier alpha value is -3.32. The number of hydrogen-bond acceptors (Lipinski definition) is 5. The van der Waals surface area contributed by atoms with Crippen LogP contribution in [0.1, 0.15) is 29.5 Å². The highest BCUT2D eigenvalue weighted by atomic mass is 32.2. The maximum absolute atomic E-state index is 14.3. The first-order valence-corrected chi connectivity index (χ1v) is 12.8. The third kappa shape index (κ3) is 3.14. The zero-order valence-electron chi connectivity index (χ0n) is 19.1. The van der Waals surface area contributed by atoms with Crippen LogP contribution in [0.5, 0.6) is 11.5 Å². The minimum atomic E-state index is -4.06. The van der Waals surface area contributed by atoms with Gasteiger partial charge >= 0.3 is 0 Å². The predicted molar refractivity (Wildman–Crippen MR) is 130 cm³/mol. The van der Waals surface area contributed by atoms with E-state index in [1.807, 2.05) is 25.1 Å². The van der Waals surface area contributed by atoms with E-state index in [-0.39, 0.29) is 18.1 Å². The predicted octanol–water partition coefficient (Wildman–Crippen LogP) is 4.44. The van der Waals surface area contributed by atoms with Crippen molar-refractivity contribution in [3.05, 3.63) is 84.5 Å². The molecule has 0 spiro atoms. The Balaban J connectivity index is 1.72. The molecule has 0 saturated heterocycles. The molecular formula is C27H27NO5S. The van der Waals surface area contributed by atoms with Gasteiger partial charge in [-0.15, -0.1) is 13.2 Å². The molecule has 34 heavy (non-hydrogen) atoms. The lowest BCUT2D eigenvalue weighted by atomic mass is 9.78. The van der Waals surface area contributed by atoms with E-state index in [9.17, 15) is 13.2 Å². The minimum absolute atomic E-state index is 0.00876. The molecule has 0 unspecified atom stereocenters. The summed E-state index contributed by atoms with van der Waals surface area (Å²) in [4.78, 5) is 16.0. The Morgan fingerprint density at radius 3 is 2.50 bits per heavy atom. The molecule has 0 aromatic heterocycles. The first-order chi connectivity index (χ1) is 16.3. The number of hydrogen-bond donors (Lipinski definition) is 0. The Morgan fingerprint density at radius 2 is 1.82 bits per heavy atom. The molecule has 3 aliphatic heterocycles. The normalized spacial score (nSPS) is 23.1. The molecule has 5 rings (SSSR count). The summed E-state index contributed by atoms with van der Waals surface area (Å²) in [6, 6.07) is 10.5. The fourth-order valence-electron chi connectivity index (χ4n) is 5.27. The van der Waals surface area contributed by atoms with Crippen LogP contribution in [0, 0.1) is 12.8 Å². The van der Waals surface area contributed by atoms with Crippen molar-refractivity contribution in [2.75, 3.05) is 13.3 Å². The van der Waals surface area contributed by atoms with Crippen molar-refractivity contribution in [3.63, 3.8) is 0 Å². The summed E-state index contributed by atoms with van der Waals surface area (Å²) in [6.07, 6.45) is 6.08. The molecule has 0 fully saturated rings. The Bertz CT molecular complexity index is 1330. The molecular weight excluding hydrogens is 450 g/mol. The van der Waals surface area contributed by atoms with Crippen molar-refractivity contribution in [3.8, 4) is 11.5 Å². The van der Waals surface area contributed by atoms with E-state index < -0.39 is 26.4 Å². The van der Waals surface area contributed by atoms with E-state index in [0.717, 1.165) is 22.4 Å². The number of benzene rings is 2. The standard InChI is InChI=1S/C27H27NO5S/c1-4-6-20-15-23-22-16-25-24(32-17-33-25)14-19(22)11-13-28(23)26(29)27(20,12-5-2)34(30,31)21-9-7-18(3)8-10-21/h4-5,7-10,14-16,20H,1-2,6,11-13,17H2,3H3/t20-,27-/m1/s1. The minimum Gasteiger partial charge on any atom is -0.454 e. The van der Waals surface area contributed by atoms with E-state index in [1.165, 1.54) is 6.08 Å². The molecule has 176 valence electrons. The third-order valence-corrected chi connectivity index (χ3v) is 9.51. The van der Waals surface area contributed by atoms with E-state index >= 15 is 0 Å². The SMILES string of the molecule is C=CC[C@@H]1C=C2c3cc4c(cc3CCN2C(=O)[C@]1(CC=C)S(=O)(=O)c1ccc(C)cc1)OCO4. The maximum Gasteiger partial charge on any atom is 0.249 e. The molecule has 3 aliphatic rings. The molecule has 0 radical (unpaired) electrons. The van der Waals surface area contributed by atoms with Gasteiger partial charge in [-0.2, -0.15) is 0 Å². The van der Waals surface area contributed by atoms with Crippen LogP contribution in [0.25, 0.3) is 5.70 Å². The van der Waals surface area contributed by atoms with Crippen LogP contribution >= 0.6 is 0 Å². The number of carbonyl (C=O) groups is 1. The van der Waals surface area contributed by atoms with Gasteiger partial charge in [0.05, 0.1) is 4.90 Å². The highest BCUT2D eigenvalue weighted by molar-refractivity contribution is 7.93. The number of nitrogens with zero attached hydrogens (tertiary/aromatic N) is 1. The second-order valence-electron chi connectivity index (χ2n) is 8.95. The lowest BCUT2D eigenvalue weighted by Gasteiger charge is -2.46. The molecule has 6 nitrogen and oxygen atoms in total. The molecule has 7 heteroatoms. The quantitative estimate of drug-likeness (QED) is 0.575. The lowest BCUT2D eigenvalue weighted by molar-refractivity contribution is -0.132. The lowest BCUT2D eigenvalue weighted by Crippen LogP contribution is -2.60. The van der Waals surface area contributed by atoms with Crippen LogP contribution in [0.4, 0.5) is 0 Å². The second kappa shape index (κ2) is 8.17. The van der Waals surface area contributed by atoms with Gasteiger partial charge < -0.3 is 14.4 Å². The number of ether oxygens (including phenoxy) is 2. The molecule has 2 aromatic carbocycles. The molecule has 0 saturated carbocycles. The number of allylic oxidation sites excluding steroid dienone is 3. The Labute approximate surface area is 200 Å². The van der Waals surface area contributed by atoms with E-state index in [2.05, 4.69) is 13.2 Å². The number of carbonyl (C=O) groups excluding carboxylic acids is 1. The van der Waals surface area contributed by atoms with Gasteiger partial charge in [0.2, 0.25) is 12.7 Å². The number of rotatable bonds is 6. The maximum atomic E-state index is 14.3. The van der Waals surface area contributed by atoms with E-state index in [0.29, 0.717) is 30.9 Å². The van der Waals surface area contributed by atoms with E-state index in [4.69, 9.17) is 9.47 Å². The average molecular weight is 478 g/mol. The number of fused-ring (bicyclic) bond motifs is 4. The van der Waals surface area contributed by atoms with Crippen molar-refractivity contribution in [2.24, 2.45) is 5.92 Å². The fraction of sp³-hybridized carbons (Fsp3) is 0.296. The molecule has 2 atom stereocenters. The van der Waals surface area contributed by atoms with Gasteiger partial charge in [-0.05, 0) is 56.0 Å². The molecule has 0 bridgehead atoms. The molecule has 2 aromatic rings. The smallest absolute Gasteiger partial charge is 0.249 e. The highest BCUT2D eigenvalue weighted by Gasteiger charge is 2.59. The molecule has 3 heterocycles. The third-order valence-electron chi connectivity index (χ3n) is 7.01. The van der Waals surface area contributed by atoms with Crippen LogP contribution in [-0.2, 0) is 21.1 Å². The number of amides is 1. The number of sulfone groups is 1. The van der Waals surface area contributed by atoms with Crippen molar-refractivity contribution >= 4 is 21.4 Å². The van der Waals surface area contributed by atoms with Crippen molar-refractivity contribution < 1.29 is 22.7 Å². The van der Waals surface area contributed by atoms with E-state index in [1.54, 1.807) is 35.2 Å². The first kappa shape index (κ1) is 22.5. The first-order valence-electron chi connectivity index (χ1n) is 11.3. The Kier molecular flexibility index (Phi) is 5.40. The van der Waals surface area contributed by atoms with Crippen molar-refractivity contribution in [1.82, 2.24) is 4.90 Å². The van der Waals surface area contributed by atoms with Crippen LogP contribution in [0.2, 0.25) is 0 Å². The summed E-state index contributed by atoms with van der Waals surface area (Å²) >= 11 is 0. The summed E-state index contributed by atoms with van der Waals surface area (Å²) in [5, 5.41) is 0. The highest BCUT2D eigenvalue weighted by Crippen LogP contribution is 2.49. The second-order valence-corrected chi connectivity index (χ2v) is 11.2. The Morgan fingerprint density at radius 1 is 1.12 bits per heavy atom. The van der Waals surface area contributed by atoms with Gasteiger partial charge in [0.1, 0.15) is 0 Å². The molecule has 1 amide bonds. The topological polar surface area (TPSA) is 72.9 Å². The summed E-state index contributed by atoms with van der Waals surface area (Å²) < 4.78 is 37.8. The average Bonchev–Trinajstić information content (AvgIpc) is 3.28. The van der Waals surface area contributed by atoms with Gasteiger partial charge in [-0.1, -0.05) is 35.9 Å². The largest absolute Gasteiger partial charge is 0.454 e. The van der Waals surface area contributed by atoms with Crippen LogP contribution in [-0.4, -0.2) is 37.3 Å². The van der Waals surface area contributed by atoms with Crippen LogP contribution in [0.3, 0.4) is 0 Å². The summed E-state index contributed by atoms with van der Waals surface area (Å²) in [5.41, 5.74) is 3.59. The number of aryl methyl sites for hydroxylation is 1. The van der Waals surface area contributed by atoms with Gasteiger partial charge in [0.25, 0.3) is 0 Å². The summed E-state index contributed by atoms with van der Waals surface area (Å²) in [5.74, 6) is 0.301. The zero-order chi connectivity index (χ0) is 24.1. The van der Waals surface area contributed by atoms with Crippen LogP contribution < -0.4 is 9.47 Å². The zero-order valence-corrected chi connectivity index (χ0v) is 19.9. The van der Waals surface area contributed by atoms with Gasteiger partial charge in [0, 0.05) is 23.7 Å². The van der Waals surface area contributed by atoms with Crippen molar-refractivity contribution in [2.45, 2.75) is 35.8 Å². The van der Waals surface area contributed by atoms with Gasteiger partial charge in [0.15, 0.2) is 26.1 Å². The van der Waals surface area contributed by atoms with Crippen LogP contribution in [0.15, 0.2) is 72.7 Å².